The van der Waals surface area contributed by atoms with Crippen molar-refractivity contribution in [3.8, 4) is 0 Å². The number of aromatic amines is 1. The monoisotopic (exact) mass is 335 g/mol. The number of aliphatic hydroxyl groups excluding tert-OH is 1. The molecule has 2 atom stereocenters. The molecule has 20 heavy (non-hydrogen) atoms. The molecule has 5 heteroatoms. The highest BCUT2D eigenvalue weighted by Gasteiger charge is 2.22. The van der Waals surface area contributed by atoms with Crippen LogP contribution < -0.4 is 5.32 Å². The van der Waals surface area contributed by atoms with E-state index >= 15 is 0 Å². The molecule has 4 nitrogen and oxygen atoms in total. The van der Waals surface area contributed by atoms with E-state index in [2.05, 4.69) is 31.4 Å². The second-order valence-electron chi connectivity index (χ2n) is 5.20. The zero-order valence-electron chi connectivity index (χ0n) is 11.1. The van der Waals surface area contributed by atoms with Gasteiger partial charge in [-0.1, -0.05) is 34.1 Å². The lowest BCUT2D eigenvalue weighted by Crippen LogP contribution is -2.29. The zero-order valence-corrected chi connectivity index (χ0v) is 12.7. The minimum absolute atomic E-state index is 0.262. The maximum absolute atomic E-state index is 10.3. The molecule has 0 saturated carbocycles. The Kier molecular flexibility index (Phi) is 4.19. The first-order valence-electron chi connectivity index (χ1n) is 6.93. The van der Waals surface area contributed by atoms with Crippen molar-refractivity contribution in [3.63, 3.8) is 0 Å². The Balaban J connectivity index is 1.65. The van der Waals surface area contributed by atoms with Crippen LogP contribution in [-0.2, 0) is 6.42 Å². The van der Waals surface area contributed by atoms with Crippen LogP contribution in [0.1, 0.15) is 41.8 Å². The lowest BCUT2D eigenvalue weighted by molar-refractivity contribution is 0.167. The summed E-state index contributed by atoms with van der Waals surface area (Å²) < 4.78 is 0.945. The number of aliphatic hydroxyl groups is 1. The van der Waals surface area contributed by atoms with Gasteiger partial charge in [0.05, 0.1) is 18.0 Å². The maximum Gasteiger partial charge on any atom is 0.0925 e. The van der Waals surface area contributed by atoms with E-state index in [0.717, 1.165) is 29.3 Å². The Labute approximate surface area is 126 Å². The predicted molar refractivity (Wildman–Crippen MR) is 81.4 cm³/mol. The summed E-state index contributed by atoms with van der Waals surface area (Å²) in [6.07, 6.45) is 4.73. The highest BCUT2D eigenvalue weighted by atomic mass is 79.9. The van der Waals surface area contributed by atoms with Crippen molar-refractivity contribution in [2.45, 2.75) is 31.4 Å². The van der Waals surface area contributed by atoms with Crippen LogP contribution in [0.15, 0.2) is 34.9 Å². The van der Waals surface area contributed by atoms with E-state index in [-0.39, 0.29) is 6.04 Å². The molecular weight excluding hydrogens is 318 g/mol. The molecule has 1 aliphatic carbocycles. The molecule has 0 saturated heterocycles. The standard InChI is InChI=1S/C15H18BrN3O/c16-12-6-2-1-5-11(12)14(20)9-17-13-7-3-4-10-8-18-19-15(10)13/h1-2,5-6,8,13-14,17,20H,3-4,7,9H2,(H,18,19). The van der Waals surface area contributed by atoms with Crippen molar-refractivity contribution >= 4 is 15.9 Å². The third-order valence-electron chi connectivity index (χ3n) is 3.86. The van der Waals surface area contributed by atoms with Crippen LogP contribution in [0.3, 0.4) is 0 Å². The number of H-pyrrole nitrogens is 1. The molecule has 0 radical (unpaired) electrons. The van der Waals surface area contributed by atoms with Gasteiger partial charge >= 0.3 is 0 Å². The van der Waals surface area contributed by atoms with Crippen LogP contribution in [-0.4, -0.2) is 21.8 Å². The molecular formula is C15H18BrN3O. The molecule has 1 aromatic heterocycles. The number of fused-ring (bicyclic) bond motifs is 1. The van der Waals surface area contributed by atoms with Crippen molar-refractivity contribution in [1.82, 2.24) is 15.5 Å². The van der Waals surface area contributed by atoms with Gasteiger partial charge in [0.15, 0.2) is 0 Å². The number of nitrogens with one attached hydrogen (secondary N) is 2. The van der Waals surface area contributed by atoms with Crippen LogP contribution in [0.25, 0.3) is 0 Å². The highest BCUT2D eigenvalue weighted by molar-refractivity contribution is 9.10. The summed E-state index contributed by atoms with van der Waals surface area (Å²) in [6.45, 7) is 0.533. The van der Waals surface area contributed by atoms with Crippen molar-refractivity contribution in [3.05, 3.63) is 51.8 Å². The minimum Gasteiger partial charge on any atom is -0.387 e. The Hall–Kier alpha value is -1.17. The molecule has 0 aliphatic heterocycles. The molecule has 2 unspecified atom stereocenters. The molecule has 0 bridgehead atoms. The fourth-order valence-electron chi connectivity index (χ4n) is 2.78. The molecule has 2 aromatic rings. The fourth-order valence-corrected chi connectivity index (χ4v) is 3.33. The molecule has 3 rings (SSSR count). The molecule has 0 fully saturated rings. The van der Waals surface area contributed by atoms with Crippen molar-refractivity contribution < 1.29 is 5.11 Å². The number of nitrogens with zero attached hydrogens (tertiary/aromatic N) is 1. The summed E-state index contributed by atoms with van der Waals surface area (Å²) in [5, 5.41) is 21.0. The highest BCUT2D eigenvalue weighted by Crippen LogP contribution is 2.28. The van der Waals surface area contributed by atoms with Gasteiger partial charge in [0, 0.05) is 17.1 Å². The number of benzene rings is 1. The summed E-state index contributed by atoms with van der Waals surface area (Å²) in [4.78, 5) is 0. The SMILES string of the molecule is OC(CNC1CCCc2cn[nH]c21)c1ccccc1Br. The normalized spacial score (nSPS) is 19.6. The average Bonchev–Trinajstić information content (AvgIpc) is 2.94. The molecule has 1 aromatic carbocycles. The van der Waals surface area contributed by atoms with E-state index in [9.17, 15) is 5.11 Å². The van der Waals surface area contributed by atoms with Crippen LogP contribution >= 0.6 is 15.9 Å². The van der Waals surface area contributed by atoms with Gasteiger partial charge in [0.1, 0.15) is 0 Å². The Bertz CT molecular complexity index is 584. The molecule has 1 heterocycles. The van der Waals surface area contributed by atoms with Gasteiger partial charge in [-0.05, 0) is 36.5 Å². The first-order chi connectivity index (χ1) is 9.75. The molecule has 3 N–H and O–H groups in total. The first-order valence-corrected chi connectivity index (χ1v) is 7.73. The van der Waals surface area contributed by atoms with Gasteiger partial charge in [0.2, 0.25) is 0 Å². The fraction of sp³-hybridized carbons (Fsp3) is 0.400. The first kappa shape index (κ1) is 13.8. The molecule has 0 amide bonds. The summed E-state index contributed by atoms with van der Waals surface area (Å²) in [5.74, 6) is 0. The molecule has 106 valence electrons. The topological polar surface area (TPSA) is 60.9 Å². The van der Waals surface area contributed by atoms with Gasteiger partial charge in [-0.15, -0.1) is 0 Å². The number of hydrogen-bond donors (Lipinski definition) is 3. The summed E-state index contributed by atoms with van der Waals surface area (Å²) in [5.41, 5.74) is 3.39. The van der Waals surface area contributed by atoms with Crippen molar-refractivity contribution in [2.24, 2.45) is 0 Å². The number of aromatic nitrogens is 2. The van der Waals surface area contributed by atoms with E-state index in [0.29, 0.717) is 6.54 Å². The Morgan fingerprint density at radius 1 is 1.45 bits per heavy atom. The van der Waals surface area contributed by atoms with Gasteiger partial charge in [-0.25, -0.2) is 0 Å². The van der Waals surface area contributed by atoms with Crippen LogP contribution in [0, 0.1) is 0 Å². The second-order valence-corrected chi connectivity index (χ2v) is 6.05. The third-order valence-corrected chi connectivity index (χ3v) is 4.58. The summed E-state index contributed by atoms with van der Waals surface area (Å²) in [6, 6.07) is 8.05. The van der Waals surface area contributed by atoms with Gasteiger partial charge in [0.25, 0.3) is 0 Å². The third kappa shape index (κ3) is 2.80. The number of rotatable bonds is 4. The average molecular weight is 336 g/mol. The maximum atomic E-state index is 10.3. The van der Waals surface area contributed by atoms with Gasteiger partial charge in [-0.3, -0.25) is 5.10 Å². The lowest BCUT2D eigenvalue weighted by Gasteiger charge is -2.24. The van der Waals surface area contributed by atoms with E-state index in [4.69, 9.17) is 0 Å². The van der Waals surface area contributed by atoms with Crippen molar-refractivity contribution in [1.29, 1.82) is 0 Å². The number of hydrogen-bond acceptors (Lipinski definition) is 3. The summed E-state index contributed by atoms with van der Waals surface area (Å²) >= 11 is 3.48. The van der Waals surface area contributed by atoms with Crippen LogP contribution in [0.2, 0.25) is 0 Å². The van der Waals surface area contributed by atoms with Crippen LogP contribution in [0.4, 0.5) is 0 Å². The molecule has 1 aliphatic rings. The Morgan fingerprint density at radius 2 is 2.30 bits per heavy atom. The van der Waals surface area contributed by atoms with Crippen molar-refractivity contribution in [2.75, 3.05) is 6.54 Å². The largest absolute Gasteiger partial charge is 0.387 e. The van der Waals surface area contributed by atoms with E-state index in [1.807, 2.05) is 30.5 Å². The number of aryl methyl sites for hydroxylation is 1. The second kappa shape index (κ2) is 6.08. The lowest BCUT2D eigenvalue weighted by atomic mass is 9.93. The predicted octanol–water partition coefficient (Wildman–Crippen LogP) is 2.87. The number of halogens is 1. The summed E-state index contributed by atoms with van der Waals surface area (Å²) in [7, 11) is 0. The minimum atomic E-state index is -0.515. The smallest absolute Gasteiger partial charge is 0.0925 e. The quantitative estimate of drug-likeness (QED) is 0.805. The van der Waals surface area contributed by atoms with E-state index in [1.165, 1.54) is 11.3 Å². The van der Waals surface area contributed by atoms with Gasteiger partial charge in [-0.2, -0.15) is 5.10 Å². The van der Waals surface area contributed by atoms with E-state index in [1.54, 1.807) is 0 Å². The van der Waals surface area contributed by atoms with Gasteiger partial charge < -0.3 is 10.4 Å². The molecule has 0 spiro atoms. The zero-order chi connectivity index (χ0) is 13.9. The van der Waals surface area contributed by atoms with E-state index < -0.39 is 6.10 Å². The Morgan fingerprint density at radius 3 is 3.15 bits per heavy atom. The van der Waals surface area contributed by atoms with Crippen LogP contribution in [0.5, 0.6) is 0 Å².